The maximum Gasteiger partial charge on any atom is 0.469 e. The Balaban J connectivity index is 3.06. The Labute approximate surface area is 120 Å². The van der Waals surface area contributed by atoms with Crippen molar-refractivity contribution in [2.24, 2.45) is 5.11 Å². The highest BCUT2D eigenvalue weighted by molar-refractivity contribution is 7.46. The van der Waals surface area contributed by atoms with Crippen molar-refractivity contribution in [3.63, 3.8) is 0 Å². The molecule has 2 N–H and O–H groups in total. The number of phosphoric acid groups is 1. The maximum absolute atomic E-state index is 10.4. The fourth-order valence-electron chi connectivity index (χ4n) is 1.93. The van der Waals surface area contributed by atoms with Gasteiger partial charge in [0.25, 0.3) is 0 Å². The second-order valence-electron chi connectivity index (χ2n) is 4.81. The van der Waals surface area contributed by atoms with Gasteiger partial charge in [0.05, 0.1) is 6.61 Å². The Kier molecular flexibility index (Phi) is 13.0. The molecule has 0 radical (unpaired) electrons. The van der Waals surface area contributed by atoms with Gasteiger partial charge in [-0.15, -0.1) is 0 Å². The van der Waals surface area contributed by atoms with E-state index in [2.05, 4.69) is 14.5 Å². The van der Waals surface area contributed by atoms with E-state index in [-0.39, 0.29) is 6.61 Å². The summed E-state index contributed by atoms with van der Waals surface area (Å²) in [4.78, 5) is 19.7. The van der Waals surface area contributed by atoms with Crippen molar-refractivity contribution in [2.45, 2.75) is 64.2 Å². The van der Waals surface area contributed by atoms with E-state index < -0.39 is 7.82 Å². The molecule has 0 bridgehead atoms. The van der Waals surface area contributed by atoms with Gasteiger partial charge in [0.15, 0.2) is 0 Å². The largest absolute Gasteiger partial charge is 0.469 e. The van der Waals surface area contributed by atoms with Crippen LogP contribution >= 0.6 is 7.82 Å². The zero-order valence-corrected chi connectivity index (χ0v) is 12.9. The van der Waals surface area contributed by atoms with E-state index in [1.807, 2.05) is 0 Å². The van der Waals surface area contributed by atoms with E-state index >= 15 is 0 Å². The lowest BCUT2D eigenvalue weighted by molar-refractivity contribution is 0.193. The summed E-state index contributed by atoms with van der Waals surface area (Å²) in [6.45, 7) is 0.739. The lowest BCUT2D eigenvalue weighted by atomic mass is 10.1. The van der Waals surface area contributed by atoms with Crippen molar-refractivity contribution in [3.05, 3.63) is 10.4 Å². The first-order valence-corrected chi connectivity index (χ1v) is 8.80. The molecular formula is C12H26N3O4P. The van der Waals surface area contributed by atoms with Gasteiger partial charge in [-0.05, 0) is 18.4 Å². The zero-order chi connectivity index (χ0) is 15.1. The van der Waals surface area contributed by atoms with Gasteiger partial charge in [-0.2, -0.15) is 0 Å². The van der Waals surface area contributed by atoms with E-state index in [1.54, 1.807) is 0 Å². The Bertz CT molecular complexity index is 316. The molecule has 0 spiro atoms. The lowest BCUT2D eigenvalue weighted by Crippen LogP contribution is -1.92. The molecule has 0 aromatic carbocycles. The molecule has 0 aliphatic rings. The number of azide groups is 1. The van der Waals surface area contributed by atoms with E-state index in [0.717, 1.165) is 32.1 Å². The van der Waals surface area contributed by atoms with Gasteiger partial charge < -0.3 is 9.79 Å². The van der Waals surface area contributed by atoms with Gasteiger partial charge in [0.1, 0.15) is 0 Å². The fraction of sp³-hybridized carbons (Fsp3) is 1.00. The molecule has 0 fully saturated rings. The van der Waals surface area contributed by atoms with Crippen molar-refractivity contribution in [3.8, 4) is 0 Å². The average Bonchev–Trinajstić information content (AvgIpc) is 2.38. The van der Waals surface area contributed by atoms with Gasteiger partial charge in [0, 0.05) is 11.5 Å². The molecule has 0 saturated heterocycles. The zero-order valence-electron chi connectivity index (χ0n) is 12.0. The molecule has 0 rings (SSSR count). The van der Waals surface area contributed by atoms with Crippen LogP contribution in [0.2, 0.25) is 0 Å². The van der Waals surface area contributed by atoms with Crippen LogP contribution in [0.3, 0.4) is 0 Å². The van der Waals surface area contributed by atoms with Crippen LogP contribution < -0.4 is 0 Å². The van der Waals surface area contributed by atoms with Gasteiger partial charge in [-0.1, -0.05) is 56.5 Å². The summed E-state index contributed by atoms with van der Waals surface area (Å²) in [5.41, 5.74) is 8.09. The third kappa shape index (κ3) is 17.4. The van der Waals surface area contributed by atoms with Crippen LogP contribution in [0.1, 0.15) is 64.2 Å². The summed E-state index contributed by atoms with van der Waals surface area (Å²) in [6.07, 6.45) is 10.8. The quantitative estimate of drug-likeness (QED) is 0.163. The van der Waals surface area contributed by atoms with Crippen molar-refractivity contribution >= 4 is 7.82 Å². The molecule has 0 aliphatic carbocycles. The number of unbranched alkanes of at least 4 members (excludes halogenated alkanes) is 9. The van der Waals surface area contributed by atoms with Gasteiger partial charge >= 0.3 is 7.82 Å². The summed E-state index contributed by atoms with van der Waals surface area (Å²) >= 11 is 0. The first-order valence-electron chi connectivity index (χ1n) is 7.27. The molecular weight excluding hydrogens is 281 g/mol. The van der Waals surface area contributed by atoms with Crippen molar-refractivity contribution in [2.75, 3.05) is 13.2 Å². The predicted molar refractivity (Wildman–Crippen MR) is 78.2 cm³/mol. The van der Waals surface area contributed by atoms with E-state index in [9.17, 15) is 4.57 Å². The number of hydrogen-bond donors (Lipinski definition) is 2. The second kappa shape index (κ2) is 13.4. The molecule has 118 valence electrons. The lowest BCUT2D eigenvalue weighted by Gasteiger charge is -2.05. The molecule has 0 aliphatic heterocycles. The SMILES string of the molecule is [N-]=[N+]=NCCCCCCCCCCCCOP(=O)(O)O. The number of phosphoric ester groups is 1. The first kappa shape index (κ1) is 19.4. The minimum absolute atomic E-state index is 0.134. The Morgan fingerprint density at radius 3 is 1.80 bits per heavy atom. The Hall–Kier alpha value is -0.580. The minimum atomic E-state index is -4.28. The highest BCUT2D eigenvalue weighted by Gasteiger charge is 2.12. The summed E-state index contributed by atoms with van der Waals surface area (Å²) in [7, 11) is -4.28. The van der Waals surface area contributed by atoms with Crippen molar-refractivity contribution in [1.29, 1.82) is 0 Å². The van der Waals surface area contributed by atoms with Crippen LogP contribution in [0.25, 0.3) is 10.4 Å². The minimum Gasteiger partial charge on any atom is -0.303 e. The van der Waals surface area contributed by atoms with E-state index in [4.69, 9.17) is 15.3 Å². The molecule has 0 saturated carbocycles. The topological polar surface area (TPSA) is 116 Å². The molecule has 0 aromatic rings. The number of nitrogens with zero attached hydrogens (tertiary/aromatic N) is 3. The Morgan fingerprint density at radius 2 is 1.35 bits per heavy atom. The Morgan fingerprint density at radius 1 is 0.900 bits per heavy atom. The molecule has 7 nitrogen and oxygen atoms in total. The fourth-order valence-corrected chi connectivity index (χ4v) is 2.29. The van der Waals surface area contributed by atoms with Crippen molar-refractivity contribution in [1.82, 2.24) is 0 Å². The number of hydrogen-bond acceptors (Lipinski definition) is 3. The third-order valence-electron chi connectivity index (χ3n) is 2.98. The molecule has 0 unspecified atom stereocenters. The summed E-state index contributed by atoms with van der Waals surface area (Å²) in [5, 5.41) is 3.49. The second-order valence-corrected chi connectivity index (χ2v) is 6.05. The summed E-state index contributed by atoms with van der Waals surface area (Å²) in [5.74, 6) is 0. The standard InChI is InChI=1S/C12H26N3O4P/c13-15-14-11-9-7-5-3-1-2-4-6-8-10-12-19-20(16,17)18/h1-12H2,(H2,16,17,18). The molecule has 0 aromatic heterocycles. The molecule has 0 amide bonds. The highest BCUT2D eigenvalue weighted by atomic mass is 31.2. The van der Waals surface area contributed by atoms with E-state index in [1.165, 1.54) is 25.7 Å². The molecule has 20 heavy (non-hydrogen) atoms. The van der Waals surface area contributed by atoms with Crippen LogP contribution in [0, 0.1) is 0 Å². The molecule has 0 heterocycles. The molecule has 8 heteroatoms. The average molecular weight is 307 g/mol. The van der Waals surface area contributed by atoms with Gasteiger partial charge in [-0.25, -0.2) is 4.57 Å². The van der Waals surface area contributed by atoms with Crippen LogP contribution in [-0.2, 0) is 9.09 Å². The maximum atomic E-state index is 10.4. The van der Waals surface area contributed by atoms with Crippen LogP contribution in [0.5, 0.6) is 0 Å². The normalized spacial score (nSPS) is 11.3. The van der Waals surface area contributed by atoms with Gasteiger partial charge in [-0.3, -0.25) is 4.52 Å². The van der Waals surface area contributed by atoms with Crippen LogP contribution in [-0.4, -0.2) is 22.9 Å². The number of rotatable bonds is 14. The van der Waals surface area contributed by atoms with Gasteiger partial charge in [0.2, 0.25) is 0 Å². The molecule has 0 atom stereocenters. The van der Waals surface area contributed by atoms with Crippen LogP contribution in [0.4, 0.5) is 0 Å². The van der Waals surface area contributed by atoms with Crippen LogP contribution in [0.15, 0.2) is 5.11 Å². The smallest absolute Gasteiger partial charge is 0.303 e. The summed E-state index contributed by atoms with van der Waals surface area (Å²) in [6, 6.07) is 0. The first-order chi connectivity index (χ1) is 9.56. The highest BCUT2D eigenvalue weighted by Crippen LogP contribution is 2.35. The van der Waals surface area contributed by atoms with Crippen molar-refractivity contribution < 1.29 is 18.9 Å². The monoisotopic (exact) mass is 307 g/mol. The predicted octanol–water partition coefficient (Wildman–Crippen LogP) is 4.31. The third-order valence-corrected chi connectivity index (χ3v) is 3.49. The summed E-state index contributed by atoms with van der Waals surface area (Å²) < 4.78 is 14.8. The van der Waals surface area contributed by atoms with E-state index in [0.29, 0.717) is 13.0 Å².